The molecule has 1 N–H and O–H groups in total. The Bertz CT molecular complexity index is 1010. The van der Waals surface area contributed by atoms with Gasteiger partial charge in [-0.25, -0.2) is 9.37 Å². The summed E-state index contributed by atoms with van der Waals surface area (Å²) >= 11 is 0. The van der Waals surface area contributed by atoms with Gasteiger partial charge < -0.3 is 14.8 Å². The average molecular weight is 367 g/mol. The van der Waals surface area contributed by atoms with Crippen molar-refractivity contribution in [1.82, 2.24) is 15.3 Å². The second-order valence-electron chi connectivity index (χ2n) is 6.42. The second-order valence-corrected chi connectivity index (χ2v) is 6.42. The summed E-state index contributed by atoms with van der Waals surface area (Å²) in [5.41, 5.74) is 1.86. The highest BCUT2D eigenvalue weighted by molar-refractivity contribution is 5.87. The molecule has 138 valence electrons. The Labute approximate surface area is 155 Å². The van der Waals surface area contributed by atoms with Crippen molar-refractivity contribution in [2.75, 3.05) is 20.3 Å². The van der Waals surface area contributed by atoms with Crippen LogP contribution in [0.15, 0.2) is 42.6 Å². The van der Waals surface area contributed by atoms with Crippen molar-refractivity contribution < 1.29 is 18.7 Å². The number of carbonyl (C=O) groups excluding carboxylic acids is 1. The van der Waals surface area contributed by atoms with Crippen LogP contribution in [-0.4, -0.2) is 36.1 Å². The van der Waals surface area contributed by atoms with Crippen LogP contribution in [0.3, 0.4) is 0 Å². The van der Waals surface area contributed by atoms with E-state index in [4.69, 9.17) is 9.47 Å². The second kappa shape index (κ2) is 7.19. The maximum absolute atomic E-state index is 14.1. The summed E-state index contributed by atoms with van der Waals surface area (Å²) < 4.78 is 25.0. The van der Waals surface area contributed by atoms with Crippen LogP contribution in [-0.2, 0) is 4.79 Å². The summed E-state index contributed by atoms with van der Waals surface area (Å²) in [6.45, 7) is 0.967. The molecule has 7 heteroatoms. The Kier molecular flexibility index (Phi) is 4.58. The van der Waals surface area contributed by atoms with Crippen LogP contribution < -0.4 is 14.8 Å². The molecule has 0 saturated carbocycles. The van der Waals surface area contributed by atoms with Crippen molar-refractivity contribution in [3.05, 3.63) is 48.4 Å². The van der Waals surface area contributed by atoms with E-state index in [1.165, 1.54) is 13.2 Å². The van der Waals surface area contributed by atoms with E-state index in [9.17, 15) is 9.18 Å². The predicted molar refractivity (Wildman–Crippen MR) is 98.1 cm³/mol. The van der Waals surface area contributed by atoms with E-state index in [1.807, 2.05) is 12.1 Å². The number of hydrogen-bond acceptors (Lipinski definition) is 5. The van der Waals surface area contributed by atoms with E-state index >= 15 is 0 Å². The number of methoxy groups -OCH3 is 1. The molecular formula is C20H18FN3O3. The molecule has 4 rings (SSSR count). The summed E-state index contributed by atoms with van der Waals surface area (Å²) in [6, 6.07) is 10.2. The monoisotopic (exact) mass is 367 g/mol. The van der Waals surface area contributed by atoms with E-state index in [0.29, 0.717) is 42.2 Å². The fraction of sp³-hybridized carbons (Fsp3) is 0.250. The lowest BCUT2D eigenvalue weighted by Gasteiger charge is -2.13. The van der Waals surface area contributed by atoms with Gasteiger partial charge in [-0.2, -0.15) is 0 Å². The molecule has 1 saturated heterocycles. The lowest BCUT2D eigenvalue weighted by molar-refractivity contribution is -0.119. The van der Waals surface area contributed by atoms with Gasteiger partial charge in [-0.3, -0.25) is 9.78 Å². The molecule has 3 heterocycles. The highest BCUT2D eigenvalue weighted by Gasteiger charge is 2.22. The van der Waals surface area contributed by atoms with Gasteiger partial charge in [-0.1, -0.05) is 0 Å². The number of hydrogen-bond donors (Lipinski definition) is 1. The molecule has 0 aliphatic carbocycles. The third-order valence-electron chi connectivity index (χ3n) is 4.53. The fourth-order valence-electron chi connectivity index (χ4n) is 3.11. The number of amides is 1. The number of aromatic nitrogens is 2. The molecular weight excluding hydrogens is 349 g/mol. The molecule has 3 aromatic rings. The minimum absolute atomic E-state index is 0.0329. The van der Waals surface area contributed by atoms with Crippen molar-refractivity contribution in [2.45, 2.75) is 6.42 Å². The third kappa shape index (κ3) is 3.53. The fourth-order valence-corrected chi connectivity index (χ4v) is 3.11. The minimum Gasteiger partial charge on any atom is -0.494 e. The first-order valence-corrected chi connectivity index (χ1v) is 8.63. The SMILES string of the molecule is COc1ccc(-c2cc3ncccc3c(OC[C@H]3CNC(=O)C3)n2)cc1F. The van der Waals surface area contributed by atoms with Crippen LogP contribution in [0.4, 0.5) is 4.39 Å². The number of nitrogens with zero attached hydrogens (tertiary/aromatic N) is 2. The molecule has 1 atom stereocenters. The minimum atomic E-state index is -0.462. The smallest absolute Gasteiger partial charge is 0.223 e. The number of fused-ring (bicyclic) bond motifs is 1. The van der Waals surface area contributed by atoms with Crippen LogP contribution in [0.25, 0.3) is 22.2 Å². The molecule has 0 radical (unpaired) electrons. The molecule has 1 fully saturated rings. The van der Waals surface area contributed by atoms with Crippen LogP contribution >= 0.6 is 0 Å². The van der Waals surface area contributed by atoms with Crippen LogP contribution in [0, 0.1) is 11.7 Å². The first kappa shape index (κ1) is 17.2. The van der Waals surface area contributed by atoms with Gasteiger partial charge in [0.05, 0.1) is 30.3 Å². The average Bonchev–Trinajstić information content (AvgIpc) is 3.11. The molecule has 1 amide bonds. The Morgan fingerprint density at radius 1 is 1.30 bits per heavy atom. The number of benzene rings is 1. The number of carbonyl (C=O) groups is 1. The van der Waals surface area contributed by atoms with Crippen molar-refractivity contribution in [2.24, 2.45) is 5.92 Å². The molecule has 1 aliphatic rings. The molecule has 2 aromatic heterocycles. The zero-order valence-electron chi connectivity index (χ0n) is 14.7. The van der Waals surface area contributed by atoms with Crippen molar-refractivity contribution >= 4 is 16.8 Å². The lowest BCUT2D eigenvalue weighted by Crippen LogP contribution is -2.17. The highest BCUT2D eigenvalue weighted by atomic mass is 19.1. The summed E-state index contributed by atoms with van der Waals surface area (Å²) in [5.74, 6) is 0.272. The standard InChI is InChI=1S/C20H18FN3O3/c1-26-18-5-4-13(8-15(18)21)16-9-17-14(3-2-6-22-17)20(24-16)27-11-12-7-19(25)23-10-12/h2-6,8-9,12H,7,10-11H2,1H3,(H,23,25)/t12-/m1/s1. The zero-order chi connectivity index (χ0) is 18.8. The molecule has 0 bridgehead atoms. The van der Waals surface area contributed by atoms with Gasteiger partial charge >= 0.3 is 0 Å². The summed E-state index contributed by atoms with van der Waals surface area (Å²) in [4.78, 5) is 20.3. The summed E-state index contributed by atoms with van der Waals surface area (Å²) in [6.07, 6.45) is 2.13. The third-order valence-corrected chi connectivity index (χ3v) is 4.53. The van der Waals surface area contributed by atoms with Gasteiger partial charge in [0.25, 0.3) is 0 Å². The quantitative estimate of drug-likeness (QED) is 0.751. The van der Waals surface area contributed by atoms with Gasteiger partial charge in [0.2, 0.25) is 11.8 Å². The molecule has 1 aromatic carbocycles. The Morgan fingerprint density at radius 2 is 2.19 bits per heavy atom. The topological polar surface area (TPSA) is 73.3 Å². The van der Waals surface area contributed by atoms with Crippen molar-refractivity contribution in [3.63, 3.8) is 0 Å². The van der Waals surface area contributed by atoms with Crippen LogP contribution in [0.1, 0.15) is 6.42 Å². The number of ether oxygens (including phenoxy) is 2. The normalized spacial score (nSPS) is 16.4. The number of halogens is 1. The van der Waals surface area contributed by atoms with Gasteiger partial charge in [-0.15, -0.1) is 0 Å². The van der Waals surface area contributed by atoms with Crippen LogP contribution in [0.5, 0.6) is 11.6 Å². The predicted octanol–water partition coefficient (Wildman–Crippen LogP) is 2.96. The van der Waals surface area contributed by atoms with Crippen molar-refractivity contribution in [1.29, 1.82) is 0 Å². The maximum atomic E-state index is 14.1. The maximum Gasteiger partial charge on any atom is 0.223 e. The first-order chi connectivity index (χ1) is 13.1. The van der Waals surface area contributed by atoms with E-state index in [-0.39, 0.29) is 17.6 Å². The number of nitrogens with one attached hydrogen (secondary N) is 1. The van der Waals surface area contributed by atoms with Gasteiger partial charge in [0.1, 0.15) is 0 Å². The Morgan fingerprint density at radius 3 is 2.93 bits per heavy atom. The van der Waals surface area contributed by atoms with E-state index in [0.717, 1.165) is 5.39 Å². The van der Waals surface area contributed by atoms with E-state index in [2.05, 4.69) is 15.3 Å². The number of rotatable bonds is 5. The van der Waals surface area contributed by atoms with Crippen molar-refractivity contribution in [3.8, 4) is 22.9 Å². The van der Waals surface area contributed by atoms with Crippen LogP contribution in [0.2, 0.25) is 0 Å². The zero-order valence-corrected chi connectivity index (χ0v) is 14.7. The molecule has 0 spiro atoms. The lowest BCUT2D eigenvalue weighted by atomic mass is 10.1. The van der Waals surface area contributed by atoms with E-state index < -0.39 is 5.82 Å². The Hall–Kier alpha value is -3.22. The highest BCUT2D eigenvalue weighted by Crippen LogP contribution is 2.30. The summed E-state index contributed by atoms with van der Waals surface area (Å²) in [7, 11) is 1.42. The van der Waals surface area contributed by atoms with Gasteiger partial charge in [-0.05, 0) is 36.4 Å². The summed E-state index contributed by atoms with van der Waals surface area (Å²) in [5, 5.41) is 3.56. The largest absolute Gasteiger partial charge is 0.494 e. The Balaban J connectivity index is 1.69. The van der Waals surface area contributed by atoms with E-state index in [1.54, 1.807) is 24.4 Å². The molecule has 6 nitrogen and oxygen atoms in total. The molecule has 1 aliphatic heterocycles. The number of pyridine rings is 2. The first-order valence-electron chi connectivity index (χ1n) is 8.63. The van der Waals surface area contributed by atoms with Gasteiger partial charge in [0.15, 0.2) is 11.6 Å². The molecule has 0 unspecified atom stereocenters. The van der Waals surface area contributed by atoms with Gasteiger partial charge in [0, 0.05) is 30.6 Å². The molecule has 27 heavy (non-hydrogen) atoms.